The second-order valence-electron chi connectivity index (χ2n) is 7.13. The van der Waals surface area contributed by atoms with Crippen molar-refractivity contribution >= 4 is 17.6 Å². The van der Waals surface area contributed by atoms with Gasteiger partial charge in [0.1, 0.15) is 11.6 Å². The van der Waals surface area contributed by atoms with Crippen LogP contribution in [0.5, 0.6) is 0 Å². The van der Waals surface area contributed by atoms with Crippen molar-refractivity contribution in [3.63, 3.8) is 0 Å². The van der Waals surface area contributed by atoms with Gasteiger partial charge in [0.2, 0.25) is 5.91 Å². The molecular formula is C21H21F2NO3. The number of aliphatic carboxylic acids is 1. The molecule has 6 heteroatoms. The molecule has 1 fully saturated rings. The molecule has 1 aliphatic carbocycles. The summed E-state index contributed by atoms with van der Waals surface area (Å²) in [5.74, 6) is -3.21. The number of hydrogen-bond donors (Lipinski definition) is 2. The minimum atomic E-state index is -1.19. The molecule has 0 aromatic heterocycles. The zero-order valence-corrected chi connectivity index (χ0v) is 15.0. The molecule has 2 aromatic carbocycles. The predicted molar refractivity (Wildman–Crippen MR) is 97.5 cm³/mol. The first-order valence-corrected chi connectivity index (χ1v) is 8.91. The van der Waals surface area contributed by atoms with Crippen molar-refractivity contribution in [1.82, 2.24) is 0 Å². The first-order chi connectivity index (χ1) is 12.8. The Hall–Kier alpha value is -2.76. The van der Waals surface area contributed by atoms with Gasteiger partial charge in [-0.25, -0.2) is 8.78 Å². The number of carbonyl (C=O) groups is 2. The van der Waals surface area contributed by atoms with Gasteiger partial charge in [-0.15, -0.1) is 0 Å². The summed E-state index contributed by atoms with van der Waals surface area (Å²) in [7, 11) is 0. The van der Waals surface area contributed by atoms with E-state index in [1.807, 2.05) is 0 Å². The van der Waals surface area contributed by atoms with Crippen LogP contribution in [0.3, 0.4) is 0 Å². The van der Waals surface area contributed by atoms with Gasteiger partial charge in [-0.05, 0) is 49.1 Å². The van der Waals surface area contributed by atoms with Gasteiger partial charge in [-0.2, -0.15) is 0 Å². The molecule has 1 saturated carbocycles. The molecule has 0 aliphatic heterocycles. The summed E-state index contributed by atoms with van der Waals surface area (Å²) in [4.78, 5) is 23.8. The van der Waals surface area contributed by atoms with E-state index in [0.717, 1.165) is 12.0 Å². The Morgan fingerprint density at radius 3 is 2.19 bits per heavy atom. The summed E-state index contributed by atoms with van der Waals surface area (Å²) in [6.07, 6.45) is 1.90. The number of carboxylic acid groups (broad SMARTS) is 1. The Morgan fingerprint density at radius 2 is 1.70 bits per heavy atom. The Balaban J connectivity index is 1.77. The Bertz CT molecular complexity index is 840. The van der Waals surface area contributed by atoms with E-state index in [-0.39, 0.29) is 5.56 Å². The number of halogens is 2. The molecule has 2 aromatic rings. The monoisotopic (exact) mass is 373 g/mol. The van der Waals surface area contributed by atoms with Crippen molar-refractivity contribution < 1.29 is 23.5 Å². The largest absolute Gasteiger partial charge is 0.481 e. The fraction of sp³-hybridized carbons (Fsp3) is 0.333. The molecule has 4 nitrogen and oxygen atoms in total. The molecular weight excluding hydrogens is 352 g/mol. The molecule has 27 heavy (non-hydrogen) atoms. The lowest BCUT2D eigenvalue weighted by molar-refractivity contribution is -0.141. The predicted octanol–water partition coefficient (Wildman–Crippen LogP) is 4.29. The third kappa shape index (κ3) is 3.70. The van der Waals surface area contributed by atoms with Crippen LogP contribution in [-0.4, -0.2) is 17.0 Å². The second-order valence-corrected chi connectivity index (χ2v) is 7.13. The molecule has 1 atom stereocenters. The maximum atomic E-state index is 14.2. The number of anilines is 1. The molecule has 142 valence electrons. The fourth-order valence-corrected chi connectivity index (χ4v) is 3.49. The van der Waals surface area contributed by atoms with E-state index in [1.165, 1.54) is 18.2 Å². The maximum absolute atomic E-state index is 14.2. The van der Waals surface area contributed by atoms with Gasteiger partial charge in [0.05, 0.1) is 11.3 Å². The molecule has 1 amide bonds. The highest BCUT2D eigenvalue weighted by Crippen LogP contribution is 2.46. The third-order valence-electron chi connectivity index (χ3n) is 5.26. The van der Waals surface area contributed by atoms with E-state index in [0.29, 0.717) is 24.9 Å². The lowest BCUT2D eigenvalue weighted by atomic mass is 9.63. The van der Waals surface area contributed by atoms with Crippen LogP contribution in [0.4, 0.5) is 14.5 Å². The zero-order chi connectivity index (χ0) is 19.6. The van der Waals surface area contributed by atoms with Crippen LogP contribution >= 0.6 is 0 Å². The van der Waals surface area contributed by atoms with Crippen molar-refractivity contribution in [3.8, 4) is 0 Å². The van der Waals surface area contributed by atoms with Crippen LogP contribution in [0.2, 0.25) is 0 Å². The zero-order valence-electron chi connectivity index (χ0n) is 15.0. The van der Waals surface area contributed by atoms with Gasteiger partial charge in [-0.1, -0.05) is 31.5 Å². The normalized spacial score (nSPS) is 16.3. The van der Waals surface area contributed by atoms with Crippen LogP contribution in [0.25, 0.3) is 0 Å². The van der Waals surface area contributed by atoms with Crippen LogP contribution in [0.15, 0.2) is 42.5 Å². The molecule has 0 heterocycles. The van der Waals surface area contributed by atoms with Gasteiger partial charge < -0.3 is 10.4 Å². The van der Waals surface area contributed by atoms with Crippen molar-refractivity contribution in [2.24, 2.45) is 5.92 Å². The number of hydrogen-bond acceptors (Lipinski definition) is 2. The molecule has 0 saturated heterocycles. The van der Waals surface area contributed by atoms with Gasteiger partial charge in [0.25, 0.3) is 0 Å². The summed E-state index contributed by atoms with van der Waals surface area (Å²) < 4.78 is 28.5. The lowest BCUT2D eigenvalue weighted by Crippen LogP contribution is -2.47. The molecule has 1 unspecified atom stereocenters. The third-order valence-corrected chi connectivity index (χ3v) is 5.26. The van der Waals surface area contributed by atoms with E-state index in [1.54, 1.807) is 31.2 Å². The van der Waals surface area contributed by atoms with Gasteiger partial charge in [0, 0.05) is 11.3 Å². The minimum absolute atomic E-state index is 0.166. The lowest BCUT2D eigenvalue weighted by Gasteiger charge is -2.40. The molecule has 2 N–H and O–H groups in total. The van der Waals surface area contributed by atoms with E-state index in [4.69, 9.17) is 5.11 Å². The minimum Gasteiger partial charge on any atom is -0.481 e. The Labute approximate surface area is 156 Å². The fourth-order valence-electron chi connectivity index (χ4n) is 3.49. The van der Waals surface area contributed by atoms with E-state index in [9.17, 15) is 18.4 Å². The van der Waals surface area contributed by atoms with Gasteiger partial charge in [0.15, 0.2) is 0 Å². The highest BCUT2D eigenvalue weighted by atomic mass is 19.1. The highest BCUT2D eigenvalue weighted by Gasteiger charge is 2.49. The summed E-state index contributed by atoms with van der Waals surface area (Å²) in [5, 5.41) is 11.7. The van der Waals surface area contributed by atoms with E-state index < -0.39 is 34.8 Å². The SMILES string of the molecule is CC(Cc1ccc(NC(=O)C2(c3c(F)cccc3F)CCC2)cc1)C(=O)O. The quantitative estimate of drug-likeness (QED) is 0.794. The first-order valence-electron chi connectivity index (χ1n) is 8.91. The summed E-state index contributed by atoms with van der Waals surface area (Å²) in [6, 6.07) is 10.5. The number of carbonyl (C=O) groups excluding carboxylic acids is 1. The van der Waals surface area contributed by atoms with Crippen LogP contribution in [0, 0.1) is 17.6 Å². The summed E-state index contributed by atoms with van der Waals surface area (Å²) in [5.41, 5.74) is -0.0110. The number of nitrogens with one attached hydrogen (secondary N) is 1. The number of benzene rings is 2. The van der Waals surface area contributed by atoms with Crippen LogP contribution < -0.4 is 5.32 Å². The van der Waals surface area contributed by atoms with Crippen molar-refractivity contribution in [2.75, 3.05) is 5.32 Å². The second kappa shape index (κ2) is 7.47. The van der Waals surface area contributed by atoms with E-state index in [2.05, 4.69) is 5.32 Å². The summed E-state index contributed by atoms with van der Waals surface area (Å²) >= 11 is 0. The molecule has 0 radical (unpaired) electrons. The Kier molecular flexibility index (Phi) is 5.26. The molecule has 3 rings (SSSR count). The van der Waals surface area contributed by atoms with Crippen molar-refractivity contribution in [3.05, 3.63) is 65.2 Å². The van der Waals surface area contributed by atoms with Gasteiger partial charge in [-0.3, -0.25) is 9.59 Å². The Morgan fingerprint density at radius 1 is 1.11 bits per heavy atom. The van der Waals surface area contributed by atoms with Gasteiger partial charge >= 0.3 is 5.97 Å². The maximum Gasteiger partial charge on any atom is 0.306 e. The average Bonchev–Trinajstić information content (AvgIpc) is 2.58. The highest BCUT2D eigenvalue weighted by molar-refractivity contribution is 6.00. The van der Waals surface area contributed by atoms with Crippen molar-refractivity contribution in [2.45, 2.75) is 38.0 Å². The number of amides is 1. The molecule has 1 aliphatic rings. The smallest absolute Gasteiger partial charge is 0.306 e. The molecule has 0 spiro atoms. The first kappa shape index (κ1) is 19.0. The number of carboxylic acids is 1. The standard InChI is InChI=1S/C21H21F2NO3/c1-13(19(25)26)12-14-6-8-15(9-7-14)24-20(27)21(10-3-11-21)18-16(22)4-2-5-17(18)23/h2,4-9,13H,3,10-12H2,1H3,(H,24,27)(H,25,26). The van der Waals surface area contributed by atoms with Crippen LogP contribution in [-0.2, 0) is 21.4 Å². The van der Waals surface area contributed by atoms with Crippen LogP contribution in [0.1, 0.15) is 37.3 Å². The number of rotatable bonds is 6. The average molecular weight is 373 g/mol. The summed E-state index contributed by atoms with van der Waals surface area (Å²) in [6.45, 7) is 1.63. The topological polar surface area (TPSA) is 66.4 Å². The van der Waals surface area contributed by atoms with Crippen molar-refractivity contribution in [1.29, 1.82) is 0 Å². The van der Waals surface area contributed by atoms with E-state index >= 15 is 0 Å². The molecule has 0 bridgehead atoms.